The van der Waals surface area contributed by atoms with Crippen molar-refractivity contribution >= 4 is 0 Å². The van der Waals surface area contributed by atoms with Crippen LogP contribution in [-0.4, -0.2) is 24.6 Å². The highest BCUT2D eigenvalue weighted by molar-refractivity contribution is 5.33. The van der Waals surface area contributed by atoms with Gasteiger partial charge in [-0.2, -0.15) is 8.78 Å². The number of benzene rings is 1. The lowest BCUT2D eigenvalue weighted by molar-refractivity contribution is -0.0508. The average molecular weight is 241 g/mol. The lowest BCUT2D eigenvalue weighted by atomic mass is 10.1. The highest BCUT2D eigenvalue weighted by Crippen LogP contribution is 2.23. The number of halogens is 2. The van der Waals surface area contributed by atoms with E-state index >= 15 is 0 Å². The molecule has 0 amide bonds. The molecule has 0 aliphatic carbocycles. The molecule has 1 saturated heterocycles. The normalized spacial score (nSPS) is 17.4. The summed E-state index contributed by atoms with van der Waals surface area (Å²) in [5.41, 5.74) is 0.842. The third kappa shape index (κ3) is 3.66. The summed E-state index contributed by atoms with van der Waals surface area (Å²) in [6.45, 7) is 0.0343. The fraction of sp³-hybridized carbons (Fsp3) is 0.538. The molecule has 0 spiro atoms. The van der Waals surface area contributed by atoms with Crippen molar-refractivity contribution in [1.82, 2.24) is 4.90 Å². The van der Waals surface area contributed by atoms with E-state index in [-0.39, 0.29) is 0 Å². The largest absolute Gasteiger partial charge is 0.434 e. The smallest absolute Gasteiger partial charge is 0.387 e. The number of likely N-dealkylation sites (tertiary alicyclic amines) is 1. The monoisotopic (exact) mass is 241 g/mol. The predicted molar refractivity (Wildman–Crippen MR) is 62.2 cm³/mol. The van der Waals surface area contributed by atoms with Gasteiger partial charge in [0.05, 0.1) is 0 Å². The summed E-state index contributed by atoms with van der Waals surface area (Å²) in [6, 6.07) is 7.03. The molecule has 1 aromatic rings. The Morgan fingerprint density at radius 3 is 2.53 bits per heavy atom. The SMILES string of the molecule is FC(F)Oc1ccccc1CN1CCCCC1. The number of para-hydroxylation sites is 1. The van der Waals surface area contributed by atoms with E-state index in [4.69, 9.17) is 0 Å². The Morgan fingerprint density at radius 2 is 1.82 bits per heavy atom. The molecular formula is C13H17F2NO. The van der Waals surface area contributed by atoms with E-state index in [1.807, 2.05) is 12.1 Å². The zero-order valence-electron chi connectivity index (χ0n) is 9.74. The van der Waals surface area contributed by atoms with Gasteiger partial charge >= 0.3 is 6.61 Å². The Hall–Kier alpha value is -1.16. The van der Waals surface area contributed by atoms with Gasteiger partial charge in [0.15, 0.2) is 0 Å². The van der Waals surface area contributed by atoms with Crippen molar-refractivity contribution < 1.29 is 13.5 Å². The molecule has 0 N–H and O–H groups in total. The standard InChI is InChI=1S/C13H17F2NO/c14-13(15)17-12-7-3-2-6-11(12)10-16-8-4-1-5-9-16/h2-3,6-7,13H,1,4-5,8-10H2. The van der Waals surface area contributed by atoms with Crippen molar-refractivity contribution in [2.45, 2.75) is 32.4 Å². The Balaban J connectivity index is 2.03. The average Bonchev–Trinajstić information content (AvgIpc) is 2.32. The summed E-state index contributed by atoms with van der Waals surface area (Å²) in [5.74, 6) is 0.299. The van der Waals surface area contributed by atoms with E-state index < -0.39 is 6.61 Å². The van der Waals surface area contributed by atoms with Gasteiger partial charge in [-0.25, -0.2) is 0 Å². The van der Waals surface area contributed by atoms with Crippen LogP contribution in [0.2, 0.25) is 0 Å². The first-order valence-corrected chi connectivity index (χ1v) is 6.01. The number of alkyl halides is 2. The van der Waals surface area contributed by atoms with Crippen molar-refractivity contribution in [1.29, 1.82) is 0 Å². The fourth-order valence-corrected chi connectivity index (χ4v) is 2.20. The molecule has 1 heterocycles. The highest BCUT2D eigenvalue weighted by atomic mass is 19.3. The molecule has 0 atom stereocenters. The zero-order valence-corrected chi connectivity index (χ0v) is 9.74. The van der Waals surface area contributed by atoms with Crippen molar-refractivity contribution in [3.8, 4) is 5.75 Å². The molecule has 0 saturated carbocycles. The van der Waals surface area contributed by atoms with Crippen LogP contribution in [0.1, 0.15) is 24.8 Å². The Labute approximate surface area is 100 Å². The highest BCUT2D eigenvalue weighted by Gasteiger charge is 2.14. The second kappa shape index (κ2) is 5.96. The molecule has 17 heavy (non-hydrogen) atoms. The number of ether oxygens (including phenoxy) is 1. The van der Waals surface area contributed by atoms with Crippen LogP contribution in [0, 0.1) is 0 Å². The molecule has 0 unspecified atom stereocenters. The van der Waals surface area contributed by atoms with Gasteiger partial charge in [-0.15, -0.1) is 0 Å². The Kier molecular flexibility index (Phi) is 4.31. The van der Waals surface area contributed by atoms with Crippen LogP contribution in [0.3, 0.4) is 0 Å². The number of hydrogen-bond acceptors (Lipinski definition) is 2. The van der Waals surface area contributed by atoms with Crippen LogP contribution in [0.15, 0.2) is 24.3 Å². The number of hydrogen-bond donors (Lipinski definition) is 0. The van der Waals surface area contributed by atoms with Crippen LogP contribution in [-0.2, 0) is 6.54 Å². The van der Waals surface area contributed by atoms with Crippen LogP contribution >= 0.6 is 0 Å². The molecule has 1 aromatic carbocycles. The van der Waals surface area contributed by atoms with Crippen LogP contribution in [0.5, 0.6) is 5.75 Å². The first-order chi connectivity index (χ1) is 8.25. The summed E-state index contributed by atoms with van der Waals surface area (Å²) < 4.78 is 29.0. The van der Waals surface area contributed by atoms with Gasteiger partial charge in [0.2, 0.25) is 0 Å². The zero-order chi connectivity index (χ0) is 12.1. The minimum absolute atomic E-state index is 0.299. The molecule has 4 heteroatoms. The summed E-state index contributed by atoms with van der Waals surface area (Å²) in [5, 5.41) is 0. The molecule has 2 rings (SSSR count). The number of rotatable bonds is 4. The fourth-order valence-electron chi connectivity index (χ4n) is 2.20. The Morgan fingerprint density at radius 1 is 1.12 bits per heavy atom. The van der Waals surface area contributed by atoms with Gasteiger partial charge in [-0.3, -0.25) is 4.90 Å². The molecule has 0 bridgehead atoms. The molecule has 0 aromatic heterocycles. The molecule has 1 aliphatic rings. The van der Waals surface area contributed by atoms with E-state index in [2.05, 4.69) is 9.64 Å². The molecule has 1 aliphatic heterocycles. The second-order valence-corrected chi connectivity index (χ2v) is 4.32. The second-order valence-electron chi connectivity index (χ2n) is 4.32. The quantitative estimate of drug-likeness (QED) is 0.802. The van der Waals surface area contributed by atoms with E-state index in [1.54, 1.807) is 12.1 Å². The molecule has 2 nitrogen and oxygen atoms in total. The number of piperidine rings is 1. The number of nitrogens with zero attached hydrogens (tertiary/aromatic N) is 1. The minimum Gasteiger partial charge on any atom is -0.434 e. The predicted octanol–water partition coefficient (Wildman–Crippen LogP) is 3.27. The van der Waals surface area contributed by atoms with Crippen LogP contribution < -0.4 is 4.74 Å². The van der Waals surface area contributed by atoms with Crippen molar-refractivity contribution in [2.75, 3.05) is 13.1 Å². The van der Waals surface area contributed by atoms with Crippen molar-refractivity contribution in [3.05, 3.63) is 29.8 Å². The van der Waals surface area contributed by atoms with Crippen molar-refractivity contribution in [3.63, 3.8) is 0 Å². The van der Waals surface area contributed by atoms with E-state index in [1.165, 1.54) is 19.3 Å². The third-order valence-corrected chi connectivity index (χ3v) is 3.03. The molecule has 1 fully saturated rings. The first-order valence-electron chi connectivity index (χ1n) is 6.01. The summed E-state index contributed by atoms with van der Waals surface area (Å²) >= 11 is 0. The van der Waals surface area contributed by atoms with Gasteiger partial charge in [0.25, 0.3) is 0 Å². The topological polar surface area (TPSA) is 12.5 Å². The van der Waals surface area contributed by atoms with Crippen LogP contribution in [0.4, 0.5) is 8.78 Å². The van der Waals surface area contributed by atoms with Crippen LogP contribution in [0.25, 0.3) is 0 Å². The van der Waals surface area contributed by atoms with Gasteiger partial charge in [0, 0.05) is 12.1 Å². The maximum atomic E-state index is 12.2. The minimum atomic E-state index is -2.75. The molecule has 0 radical (unpaired) electrons. The van der Waals surface area contributed by atoms with Gasteiger partial charge in [-0.1, -0.05) is 24.6 Å². The lowest BCUT2D eigenvalue weighted by Crippen LogP contribution is -2.29. The lowest BCUT2D eigenvalue weighted by Gasteiger charge is -2.27. The third-order valence-electron chi connectivity index (χ3n) is 3.03. The Bertz CT molecular complexity index is 351. The maximum Gasteiger partial charge on any atom is 0.387 e. The van der Waals surface area contributed by atoms with Crippen molar-refractivity contribution in [2.24, 2.45) is 0 Å². The van der Waals surface area contributed by atoms with Gasteiger partial charge in [0.1, 0.15) is 5.75 Å². The first kappa shape index (κ1) is 12.3. The maximum absolute atomic E-state index is 12.2. The van der Waals surface area contributed by atoms with Gasteiger partial charge < -0.3 is 4.74 Å². The molecule has 94 valence electrons. The summed E-state index contributed by atoms with van der Waals surface area (Å²) in [6.07, 6.45) is 3.65. The molecular weight excluding hydrogens is 224 g/mol. The summed E-state index contributed by atoms with van der Waals surface area (Å²) in [7, 11) is 0. The van der Waals surface area contributed by atoms with E-state index in [0.717, 1.165) is 18.7 Å². The summed E-state index contributed by atoms with van der Waals surface area (Å²) in [4.78, 5) is 2.29. The van der Waals surface area contributed by atoms with E-state index in [9.17, 15) is 8.78 Å². The van der Waals surface area contributed by atoms with Gasteiger partial charge in [-0.05, 0) is 32.0 Å². The van der Waals surface area contributed by atoms with E-state index in [0.29, 0.717) is 12.3 Å².